The van der Waals surface area contributed by atoms with Crippen molar-refractivity contribution in [2.75, 3.05) is 4.90 Å². The van der Waals surface area contributed by atoms with Crippen LogP contribution in [0.5, 0.6) is 0 Å². The van der Waals surface area contributed by atoms with Crippen LogP contribution in [0, 0.1) is 0 Å². The molecule has 0 N–H and O–H groups in total. The Morgan fingerprint density at radius 1 is 0.548 bits per heavy atom. The maximum atomic E-state index is 5.19. The number of anilines is 3. The van der Waals surface area contributed by atoms with Crippen molar-refractivity contribution in [3.8, 4) is 32.5 Å². The Morgan fingerprint density at radius 2 is 1.17 bits per heavy atom. The van der Waals surface area contributed by atoms with Crippen LogP contribution in [0.25, 0.3) is 32.5 Å². The Labute approximate surface area is 251 Å². The van der Waals surface area contributed by atoms with E-state index in [0.29, 0.717) is 5.82 Å². The Kier molecular flexibility index (Phi) is 5.12. The van der Waals surface area contributed by atoms with Gasteiger partial charge in [0.1, 0.15) is 11.5 Å². The van der Waals surface area contributed by atoms with Crippen LogP contribution in [0.4, 0.5) is 17.2 Å². The van der Waals surface area contributed by atoms with E-state index in [1.807, 2.05) is 59.1 Å². The van der Waals surface area contributed by atoms with Gasteiger partial charge in [-0.15, -0.1) is 22.7 Å². The second-order valence-electron chi connectivity index (χ2n) is 10.5. The van der Waals surface area contributed by atoms with E-state index in [1.54, 1.807) is 6.20 Å². The highest BCUT2D eigenvalue weighted by Gasteiger charge is 2.52. The molecule has 0 bridgehead atoms. The first-order chi connectivity index (χ1) is 20.8. The van der Waals surface area contributed by atoms with Crippen LogP contribution in [-0.4, -0.2) is 15.0 Å². The van der Waals surface area contributed by atoms with E-state index in [2.05, 4.69) is 99.5 Å². The van der Waals surface area contributed by atoms with Gasteiger partial charge in [0.25, 0.3) is 0 Å². The summed E-state index contributed by atoms with van der Waals surface area (Å²) in [5.41, 5.74) is 9.77. The summed E-state index contributed by atoms with van der Waals surface area (Å²) >= 11 is 3.68. The van der Waals surface area contributed by atoms with Crippen molar-refractivity contribution in [1.82, 2.24) is 15.0 Å². The highest BCUT2D eigenvalue weighted by molar-refractivity contribution is 7.21. The minimum atomic E-state index is -0.381. The number of fused-ring (bicyclic) bond motifs is 9. The topological polar surface area (TPSA) is 41.9 Å². The summed E-state index contributed by atoms with van der Waals surface area (Å²) < 4.78 is 0. The van der Waals surface area contributed by atoms with Gasteiger partial charge < -0.3 is 0 Å². The number of thiophene rings is 2. The molecule has 7 aromatic rings. The molecule has 0 amide bonds. The largest absolute Gasteiger partial charge is 0.294 e. The van der Waals surface area contributed by atoms with Gasteiger partial charge in [-0.3, -0.25) is 9.88 Å². The third-order valence-corrected chi connectivity index (χ3v) is 10.3. The summed E-state index contributed by atoms with van der Waals surface area (Å²) in [7, 11) is 0. The molecule has 1 spiro atoms. The van der Waals surface area contributed by atoms with Gasteiger partial charge in [0.05, 0.1) is 22.5 Å². The third-order valence-electron chi connectivity index (χ3n) is 8.35. The molecular weight excluding hydrogens is 553 g/mol. The van der Waals surface area contributed by atoms with E-state index in [9.17, 15) is 0 Å². The van der Waals surface area contributed by atoms with Crippen LogP contribution in [0.1, 0.15) is 22.3 Å². The first kappa shape index (κ1) is 23.8. The van der Waals surface area contributed by atoms with Crippen molar-refractivity contribution in [3.63, 3.8) is 0 Å². The Hall–Kier alpha value is -4.91. The summed E-state index contributed by atoms with van der Waals surface area (Å²) in [4.78, 5) is 19.9. The number of hydrogen-bond acceptors (Lipinski definition) is 6. The number of pyridine rings is 1. The highest BCUT2D eigenvalue weighted by atomic mass is 32.1. The lowest BCUT2D eigenvalue weighted by Gasteiger charge is -2.44. The molecule has 6 heteroatoms. The van der Waals surface area contributed by atoms with Gasteiger partial charge in [0, 0.05) is 27.6 Å². The first-order valence-electron chi connectivity index (χ1n) is 13.9. The maximum Gasteiger partial charge on any atom is 0.180 e. The predicted octanol–water partition coefficient (Wildman–Crippen LogP) is 9.47. The second kappa shape index (κ2) is 9.05. The van der Waals surface area contributed by atoms with E-state index < -0.39 is 0 Å². The Morgan fingerprint density at radius 3 is 1.81 bits per heavy atom. The zero-order valence-corrected chi connectivity index (χ0v) is 23.9. The monoisotopic (exact) mass is 574 g/mol. The van der Waals surface area contributed by atoms with Crippen LogP contribution in [0.3, 0.4) is 0 Å². The van der Waals surface area contributed by atoms with Crippen LogP contribution >= 0.6 is 22.7 Å². The minimum Gasteiger partial charge on any atom is -0.294 e. The van der Waals surface area contributed by atoms with Gasteiger partial charge >= 0.3 is 0 Å². The molecule has 0 atom stereocenters. The molecule has 0 unspecified atom stereocenters. The van der Waals surface area contributed by atoms with Gasteiger partial charge in [-0.25, -0.2) is 9.97 Å². The van der Waals surface area contributed by atoms with E-state index in [-0.39, 0.29) is 5.41 Å². The average Bonchev–Trinajstić information content (AvgIpc) is 3.79. The molecule has 42 heavy (non-hydrogen) atoms. The third kappa shape index (κ3) is 3.19. The lowest BCUT2D eigenvalue weighted by atomic mass is 9.65. The van der Waals surface area contributed by atoms with E-state index in [4.69, 9.17) is 9.97 Å². The lowest BCUT2D eigenvalue weighted by molar-refractivity contribution is 0.754. The van der Waals surface area contributed by atoms with E-state index >= 15 is 0 Å². The highest BCUT2D eigenvalue weighted by Crippen LogP contribution is 2.65. The fraction of sp³-hybridized carbons (Fsp3) is 0.0278. The summed E-state index contributed by atoms with van der Waals surface area (Å²) in [6, 6.07) is 40.6. The van der Waals surface area contributed by atoms with Gasteiger partial charge in [0.15, 0.2) is 5.82 Å². The number of rotatable bonds is 3. The molecular formula is C36H22N4S2. The van der Waals surface area contributed by atoms with Crippen LogP contribution in [0.15, 0.2) is 132 Å². The van der Waals surface area contributed by atoms with Crippen molar-refractivity contribution in [2.45, 2.75) is 5.41 Å². The molecule has 4 aromatic heterocycles. The van der Waals surface area contributed by atoms with Crippen molar-refractivity contribution in [1.29, 1.82) is 0 Å². The first-order valence-corrected chi connectivity index (χ1v) is 15.6. The standard InChI is InChI=1S/C36H22N4S2/c1-2-10-23(11-3-1)29-22-32(39-35(38-29)28-14-8-9-19-37-28)40-30-15-6-4-12-24(30)36(25-13-5-7-16-31(25)40)26-17-20-41-33(26)34-27(36)18-21-42-34/h1-22H. The number of para-hydroxylation sites is 2. The summed E-state index contributed by atoms with van der Waals surface area (Å²) in [5.74, 6) is 1.41. The van der Waals surface area contributed by atoms with Crippen molar-refractivity contribution < 1.29 is 0 Å². The van der Waals surface area contributed by atoms with Crippen molar-refractivity contribution in [3.05, 3.63) is 154 Å². The normalized spacial score (nSPS) is 13.9. The number of hydrogen-bond donors (Lipinski definition) is 0. The quantitative estimate of drug-likeness (QED) is 0.211. The van der Waals surface area contributed by atoms with Crippen molar-refractivity contribution in [2.24, 2.45) is 0 Å². The van der Waals surface area contributed by atoms with E-state index in [1.165, 1.54) is 32.0 Å². The molecule has 0 radical (unpaired) electrons. The molecule has 1 aliphatic heterocycles. The molecule has 198 valence electrons. The second-order valence-corrected chi connectivity index (χ2v) is 12.3. The summed E-state index contributed by atoms with van der Waals surface area (Å²) in [6.07, 6.45) is 1.79. The van der Waals surface area contributed by atoms with Crippen molar-refractivity contribution >= 4 is 39.9 Å². The molecule has 5 heterocycles. The Balaban J connectivity index is 1.35. The summed E-state index contributed by atoms with van der Waals surface area (Å²) in [6.45, 7) is 0. The minimum absolute atomic E-state index is 0.381. The zero-order valence-electron chi connectivity index (χ0n) is 22.3. The fourth-order valence-electron chi connectivity index (χ4n) is 6.69. The van der Waals surface area contributed by atoms with Crippen LogP contribution < -0.4 is 4.90 Å². The van der Waals surface area contributed by atoms with Gasteiger partial charge in [-0.1, -0.05) is 72.8 Å². The summed E-state index contributed by atoms with van der Waals surface area (Å²) in [5, 5.41) is 4.48. The van der Waals surface area contributed by atoms with Gasteiger partial charge in [-0.05, 0) is 69.4 Å². The molecule has 3 aromatic carbocycles. The number of nitrogens with zero attached hydrogens (tertiary/aromatic N) is 4. The molecule has 0 fully saturated rings. The average molecular weight is 575 g/mol. The lowest BCUT2D eigenvalue weighted by Crippen LogP contribution is -2.36. The molecule has 9 rings (SSSR count). The number of benzene rings is 3. The molecule has 4 nitrogen and oxygen atoms in total. The maximum absolute atomic E-state index is 5.19. The molecule has 2 aliphatic rings. The predicted molar refractivity (Wildman–Crippen MR) is 172 cm³/mol. The Bertz CT molecular complexity index is 1970. The SMILES string of the molecule is c1ccc(-c2cc(N3c4ccccc4C4(c5ccccc53)c3ccsc3-c3sccc34)nc(-c3ccccn3)n2)cc1. The number of aromatic nitrogens is 3. The van der Waals surface area contributed by atoms with E-state index in [0.717, 1.165) is 34.1 Å². The van der Waals surface area contributed by atoms with Crippen LogP contribution in [0.2, 0.25) is 0 Å². The van der Waals surface area contributed by atoms with Gasteiger partial charge in [-0.2, -0.15) is 0 Å². The van der Waals surface area contributed by atoms with Gasteiger partial charge in [0.2, 0.25) is 0 Å². The molecule has 0 saturated heterocycles. The van der Waals surface area contributed by atoms with Crippen LogP contribution in [-0.2, 0) is 5.41 Å². The fourth-order valence-corrected chi connectivity index (χ4v) is 8.79. The molecule has 1 aliphatic carbocycles. The smallest absolute Gasteiger partial charge is 0.180 e. The zero-order chi connectivity index (χ0) is 27.7. The molecule has 0 saturated carbocycles.